The summed E-state index contributed by atoms with van der Waals surface area (Å²) >= 11 is 1.22. The van der Waals surface area contributed by atoms with E-state index >= 15 is 0 Å². The quantitative estimate of drug-likeness (QED) is 0.408. The Labute approximate surface area is 166 Å². The van der Waals surface area contributed by atoms with Crippen LogP contribution in [0.4, 0.5) is 0 Å². The van der Waals surface area contributed by atoms with Crippen molar-refractivity contribution in [2.24, 2.45) is 5.92 Å². The van der Waals surface area contributed by atoms with Crippen LogP contribution in [0.5, 0.6) is 5.19 Å². The highest BCUT2D eigenvalue weighted by molar-refractivity contribution is 7.15. The maximum Gasteiger partial charge on any atom is 0.278 e. The Morgan fingerprint density at radius 2 is 2.19 bits per heavy atom. The van der Waals surface area contributed by atoms with Crippen molar-refractivity contribution in [1.82, 2.24) is 15.2 Å². The van der Waals surface area contributed by atoms with Crippen molar-refractivity contribution >= 4 is 17.2 Å². The number of thiazole rings is 1. The molecule has 2 rings (SSSR count). The van der Waals surface area contributed by atoms with Crippen LogP contribution in [0.2, 0.25) is 0 Å². The van der Waals surface area contributed by atoms with E-state index in [4.69, 9.17) is 9.47 Å². The first-order chi connectivity index (χ1) is 12.7. The average Bonchev–Trinajstić information content (AvgIpc) is 3.16. The summed E-state index contributed by atoms with van der Waals surface area (Å²) in [6, 6.07) is 0.372. The molecule has 1 fully saturated rings. The molecule has 2 heterocycles. The van der Waals surface area contributed by atoms with Gasteiger partial charge in [0.2, 0.25) is 0 Å². The van der Waals surface area contributed by atoms with Gasteiger partial charge >= 0.3 is 0 Å². The second-order valence-corrected chi connectivity index (χ2v) is 8.67. The van der Waals surface area contributed by atoms with Crippen molar-refractivity contribution < 1.29 is 14.3 Å². The molecule has 0 aliphatic carbocycles. The van der Waals surface area contributed by atoms with Crippen LogP contribution in [-0.2, 0) is 4.74 Å². The van der Waals surface area contributed by atoms with Crippen molar-refractivity contribution in [1.29, 1.82) is 0 Å². The van der Waals surface area contributed by atoms with Crippen molar-refractivity contribution in [2.75, 3.05) is 13.1 Å². The summed E-state index contributed by atoms with van der Waals surface area (Å²) in [6.07, 6.45) is 8.16. The van der Waals surface area contributed by atoms with Crippen LogP contribution in [0.1, 0.15) is 57.6 Å². The molecule has 150 valence electrons. The van der Waals surface area contributed by atoms with Gasteiger partial charge < -0.3 is 14.8 Å². The van der Waals surface area contributed by atoms with Crippen LogP contribution in [0, 0.1) is 5.92 Å². The van der Waals surface area contributed by atoms with Crippen LogP contribution >= 0.6 is 11.3 Å². The monoisotopic (exact) mass is 393 g/mol. The van der Waals surface area contributed by atoms with Gasteiger partial charge in [0.25, 0.3) is 11.1 Å². The zero-order chi connectivity index (χ0) is 20.0. The SMILES string of the molecule is CC(C)/C=C/CCNC(=O)c1cnc(OC=C2CN(C(C)C)C(C)(C)O2)s1. The van der Waals surface area contributed by atoms with Crippen LogP contribution in [-0.4, -0.2) is 40.6 Å². The van der Waals surface area contributed by atoms with E-state index < -0.39 is 0 Å². The van der Waals surface area contributed by atoms with Crippen molar-refractivity contribution in [2.45, 2.75) is 59.7 Å². The lowest BCUT2D eigenvalue weighted by molar-refractivity contribution is -0.0475. The van der Waals surface area contributed by atoms with Crippen molar-refractivity contribution in [3.63, 3.8) is 0 Å². The fourth-order valence-electron chi connectivity index (χ4n) is 2.89. The Bertz CT molecular complexity index is 692. The molecule has 1 saturated heterocycles. The van der Waals surface area contributed by atoms with Crippen LogP contribution in [0.15, 0.2) is 30.4 Å². The molecule has 1 aromatic heterocycles. The maximum atomic E-state index is 12.2. The van der Waals surface area contributed by atoms with Crippen LogP contribution in [0.3, 0.4) is 0 Å². The Kier molecular flexibility index (Phi) is 7.44. The number of hydrogen-bond acceptors (Lipinski definition) is 6. The molecular formula is C20H31N3O3S. The van der Waals surface area contributed by atoms with Gasteiger partial charge in [-0.3, -0.25) is 9.69 Å². The highest BCUT2D eigenvalue weighted by Crippen LogP contribution is 2.31. The number of ether oxygens (including phenoxy) is 2. The predicted octanol–water partition coefficient (Wildman–Crippen LogP) is 4.17. The number of allylic oxidation sites excluding steroid dienone is 1. The third kappa shape index (κ3) is 6.36. The van der Waals surface area contributed by atoms with E-state index in [1.165, 1.54) is 17.5 Å². The van der Waals surface area contributed by atoms with E-state index in [0.717, 1.165) is 12.2 Å². The molecule has 0 aromatic carbocycles. The van der Waals surface area contributed by atoms with Gasteiger partial charge in [-0.05, 0) is 40.0 Å². The van der Waals surface area contributed by atoms with E-state index in [9.17, 15) is 4.79 Å². The molecule has 6 nitrogen and oxygen atoms in total. The highest BCUT2D eigenvalue weighted by atomic mass is 32.1. The number of carbonyl (C=O) groups excluding carboxylic acids is 1. The van der Waals surface area contributed by atoms with Gasteiger partial charge in [0.05, 0.1) is 12.7 Å². The minimum Gasteiger partial charge on any atom is -0.473 e. The smallest absolute Gasteiger partial charge is 0.278 e. The fraction of sp³-hybridized carbons (Fsp3) is 0.600. The molecule has 0 atom stereocenters. The average molecular weight is 394 g/mol. The summed E-state index contributed by atoms with van der Waals surface area (Å²) in [5.41, 5.74) is -0.360. The zero-order valence-corrected chi connectivity index (χ0v) is 17.9. The van der Waals surface area contributed by atoms with Crippen molar-refractivity contribution in [3.05, 3.63) is 35.2 Å². The number of nitrogens with zero attached hydrogens (tertiary/aromatic N) is 2. The number of nitrogens with one attached hydrogen (secondary N) is 1. The minimum atomic E-state index is -0.360. The predicted molar refractivity (Wildman–Crippen MR) is 109 cm³/mol. The first-order valence-corrected chi connectivity index (χ1v) is 10.2. The summed E-state index contributed by atoms with van der Waals surface area (Å²) < 4.78 is 11.6. The molecule has 1 aliphatic rings. The summed E-state index contributed by atoms with van der Waals surface area (Å²) in [7, 11) is 0. The summed E-state index contributed by atoms with van der Waals surface area (Å²) in [6.45, 7) is 13.9. The van der Waals surface area contributed by atoms with Gasteiger partial charge in [0.1, 0.15) is 16.9 Å². The van der Waals surface area contributed by atoms with Gasteiger partial charge in [0.15, 0.2) is 5.72 Å². The van der Waals surface area contributed by atoms with Gasteiger partial charge in [-0.15, -0.1) is 0 Å². The number of carbonyl (C=O) groups is 1. The molecule has 1 aliphatic heterocycles. The second kappa shape index (κ2) is 9.37. The molecule has 0 radical (unpaired) electrons. The molecule has 7 heteroatoms. The molecule has 1 amide bonds. The van der Waals surface area contributed by atoms with Crippen LogP contribution in [0.25, 0.3) is 0 Å². The lowest BCUT2D eigenvalue weighted by Gasteiger charge is -2.32. The molecule has 0 spiro atoms. The normalized spacial score (nSPS) is 18.6. The topological polar surface area (TPSA) is 63.7 Å². The lowest BCUT2D eigenvalue weighted by Crippen LogP contribution is -2.43. The summed E-state index contributed by atoms with van der Waals surface area (Å²) in [5.74, 6) is 1.15. The van der Waals surface area contributed by atoms with Gasteiger partial charge in [-0.2, -0.15) is 0 Å². The number of rotatable bonds is 8. The molecular weight excluding hydrogens is 362 g/mol. The maximum absolute atomic E-state index is 12.2. The number of hydrogen-bond donors (Lipinski definition) is 1. The van der Waals surface area contributed by atoms with Crippen molar-refractivity contribution in [3.8, 4) is 5.19 Å². The number of amides is 1. The molecule has 27 heavy (non-hydrogen) atoms. The number of aromatic nitrogens is 1. The lowest BCUT2D eigenvalue weighted by atomic mass is 10.2. The molecule has 0 bridgehead atoms. The zero-order valence-electron chi connectivity index (χ0n) is 17.1. The van der Waals surface area contributed by atoms with Gasteiger partial charge in [-0.25, -0.2) is 4.98 Å². The van der Waals surface area contributed by atoms with E-state index in [1.807, 2.05) is 13.8 Å². The van der Waals surface area contributed by atoms with Crippen LogP contribution < -0.4 is 10.1 Å². The molecule has 0 saturated carbocycles. The van der Waals surface area contributed by atoms with Gasteiger partial charge in [0, 0.05) is 12.6 Å². The van der Waals surface area contributed by atoms with Gasteiger partial charge in [-0.1, -0.05) is 37.3 Å². The Balaban J connectivity index is 1.84. The van der Waals surface area contributed by atoms with E-state index in [0.29, 0.717) is 35.1 Å². The second-order valence-electron chi connectivity index (χ2n) is 7.68. The third-order valence-electron chi connectivity index (χ3n) is 4.14. The third-order valence-corrected chi connectivity index (χ3v) is 5.03. The highest BCUT2D eigenvalue weighted by Gasteiger charge is 2.38. The van der Waals surface area contributed by atoms with E-state index in [2.05, 4.69) is 55.0 Å². The fourth-order valence-corrected chi connectivity index (χ4v) is 3.55. The molecule has 1 aromatic rings. The summed E-state index contributed by atoms with van der Waals surface area (Å²) in [4.78, 5) is 19.1. The standard InChI is InChI=1S/C20H31N3O3S/c1-14(2)9-7-8-10-21-18(24)17-11-22-19(27-17)25-13-16-12-23(15(3)4)20(5,6)26-16/h7,9,11,13-15H,8,10,12H2,1-6H3,(H,21,24)/b9-7+,16-13?. The van der Waals surface area contributed by atoms with E-state index in [1.54, 1.807) is 6.26 Å². The largest absolute Gasteiger partial charge is 0.473 e. The molecule has 1 N–H and O–H groups in total. The first-order valence-electron chi connectivity index (χ1n) is 9.41. The Morgan fingerprint density at radius 3 is 2.81 bits per heavy atom. The Hall–Kier alpha value is -1.86. The minimum absolute atomic E-state index is 0.128. The van der Waals surface area contributed by atoms with E-state index in [-0.39, 0.29) is 11.6 Å². The first kappa shape index (κ1) is 21.4. The molecule has 0 unspecified atom stereocenters. The Morgan fingerprint density at radius 1 is 1.44 bits per heavy atom. The summed E-state index contributed by atoms with van der Waals surface area (Å²) in [5, 5.41) is 3.32.